The first-order valence-electron chi connectivity index (χ1n) is 6.67. The molecule has 1 unspecified atom stereocenters. The standard InChI is InChI=1S/C14H21NO3S/c1-3-12-5-7-13(8-6-12)19(17,18)15-10-4-9-14(2,16)11-15/h5-8,16H,3-4,9-11H2,1-2H3. The highest BCUT2D eigenvalue weighted by Gasteiger charge is 2.35. The Labute approximate surface area is 115 Å². The lowest BCUT2D eigenvalue weighted by Gasteiger charge is -2.35. The van der Waals surface area contributed by atoms with E-state index in [9.17, 15) is 13.5 Å². The first kappa shape index (κ1) is 14.5. The largest absolute Gasteiger partial charge is 0.389 e. The monoisotopic (exact) mass is 283 g/mol. The number of nitrogens with zero attached hydrogens (tertiary/aromatic N) is 1. The second kappa shape index (κ2) is 5.23. The van der Waals surface area contributed by atoms with Crippen molar-refractivity contribution in [1.82, 2.24) is 4.31 Å². The SMILES string of the molecule is CCc1ccc(S(=O)(=O)N2CCCC(C)(O)C2)cc1. The summed E-state index contributed by atoms with van der Waals surface area (Å²) in [4.78, 5) is 0.308. The van der Waals surface area contributed by atoms with E-state index in [-0.39, 0.29) is 6.54 Å². The van der Waals surface area contributed by atoms with Crippen molar-refractivity contribution in [3.8, 4) is 0 Å². The molecule has 1 aliphatic rings. The fourth-order valence-corrected chi connectivity index (χ4v) is 4.02. The minimum absolute atomic E-state index is 0.171. The minimum Gasteiger partial charge on any atom is -0.389 e. The van der Waals surface area contributed by atoms with Crippen LogP contribution in [0.1, 0.15) is 32.3 Å². The Morgan fingerprint density at radius 3 is 2.47 bits per heavy atom. The Bertz CT molecular complexity index is 534. The average Bonchev–Trinajstić information content (AvgIpc) is 2.37. The number of aliphatic hydroxyl groups is 1. The molecule has 2 rings (SSSR count). The van der Waals surface area contributed by atoms with Gasteiger partial charge in [-0.05, 0) is 43.9 Å². The molecule has 0 aliphatic carbocycles. The van der Waals surface area contributed by atoms with Crippen molar-refractivity contribution in [1.29, 1.82) is 0 Å². The van der Waals surface area contributed by atoms with E-state index in [0.29, 0.717) is 24.3 Å². The molecule has 0 aromatic heterocycles. The van der Waals surface area contributed by atoms with Gasteiger partial charge in [0.15, 0.2) is 0 Å². The molecule has 0 bridgehead atoms. The lowest BCUT2D eigenvalue weighted by atomic mass is 9.97. The van der Waals surface area contributed by atoms with E-state index in [0.717, 1.165) is 12.0 Å². The molecule has 1 aromatic carbocycles. The van der Waals surface area contributed by atoms with Gasteiger partial charge in [0, 0.05) is 13.1 Å². The van der Waals surface area contributed by atoms with Crippen molar-refractivity contribution in [2.75, 3.05) is 13.1 Å². The second-order valence-electron chi connectivity index (χ2n) is 5.44. The summed E-state index contributed by atoms with van der Waals surface area (Å²) in [6.07, 6.45) is 2.23. The lowest BCUT2D eigenvalue weighted by molar-refractivity contribution is 0.00940. The predicted molar refractivity (Wildman–Crippen MR) is 74.4 cm³/mol. The van der Waals surface area contributed by atoms with Gasteiger partial charge in [0.2, 0.25) is 10.0 Å². The Morgan fingerprint density at radius 1 is 1.32 bits per heavy atom. The van der Waals surface area contributed by atoms with Crippen LogP contribution in [-0.2, 0) is 16.4 Å². The molecular weight excluding hydrogens is 262 g/mol. The third-order valence-corrected chi connectivity index (χ3v) is 5.47. The Kier molecular flexibility index (Phi) is 3.99. The molecule has 5 heteroatoms. The molecule has 19 heavy (non-hydrogen) atoms. The van der Waals surface area contributed by atoms with Crippen molar-refractivity contribution < 1.29 is 13.5 Å². The molecule has 1 fully saturated rings. The van der Waals surface area contributed by atoms with Crippen LogP contribution < -0.4 is 0 Å². The second-order valence-corrected chi connectivity index (χ2v) is 7.37. The van der Waals surface area contributed by atoms with Gasteiger partial charge in [-0.2, -0.15) is 4.31 Å². The first-order chi connectivity index (χ1) is 8.85. The summed E-state index contributed by atoms with van der Waals surface area (Å²) in [6.45, 7) is 4.37. The Morgan fingerprint density at radius 2 is 1.95 bits per heavy atom. The zero-order valence-corrected chi connectivity index (χ0v) is 12.3. The topological polar surface area (TPSA) is 57.6 Å². The number of benzene rings is 1. The molecule has 1 aliphatic heterocycles. The van der Waals surface area contributed by atoms with Gasteiger partial charge < -0.3 is 5.11 Å². The zero-order chi connectivity index (χ0) is 14.1. The van der Waals surface area contributed by atoms with Crippen LogP contribution in [0.15, 0.2) is 29.2 Å². The number of piperidine rings is 1. The molecule has 106 valence electrons. The normalized spacial score (nSPS) is 25.4. The minimum atomic E-state index is -3.48. The number of rotatable bonds is 3. The third-order valence-electron chi connectivity index (χ3n) is 3.61. The summed E-state index contributed by atoms with van der Waals surface area (Å²) in [5, 5.41) is 10.0. The average molecular weight is 283 g/mol. The van der Waals surface area contributed by atoms with E-state index >= 15 is 0 Å². The fraction of sp³-hybridized carbons (Fsp3) is 0.571. The first-order valence-corrected chi connectivity index (χ1v) is 8.11. The third kappa shape index (κ3) is 3.16. The highest BCUT2D eigenvalue weighted by molar-refractivity contribution is 7.89. The summed E-state index contributed by atoms with van der Waals surface area (Å²) in [6, 6.07) is 6.99. The number of sulfonamides is 1. The molecule has 0 spiro atoms. The van der Waals surface area contributed by atoms with Gasteiger partial charge in [-0.3, -0.25) is 0 Å². The van der Waals surface area contributed by atoms with Gasteiger partial charge in [-0.1, -0.05) is 19.1 Å². The number of hydrogen-bond acceptors (Lipinski definition) is 3. The maximum absolute atomic E-state index is 12.5. The van der Waals surface area contributed by atoms with Crippen molar-refractivity contribution in [2.45, 2.75) is 43.6 Å². The number of aryl methyl sites for hydroxylation is 1. The van der Waals surface area contributed by atoms with E-state index in [1.54, 1.807) is 19.1 Å². The van der Waals surface area contributed by atoms with E-state index in [1.807, 2.05) is 19.1 Å². The van der Waals surface area contributed by atoms with Crippen LogP contribution in [0.3, 0.4) is 0 Å². The van der Waals surface area contributed by atoms with E-state index in [2.05, 4.69) is 0 Å². The molecule has 1 heterocycles. The summed E-state index contributed by atoms with van der Waals surface area (Å²) in [5.74, 6) is 0. The number of β-amino-alcohol motifs (C(OH)–C–C–N with tert-alkyl or cyclic N) is 1. The Hall–Kier alpha value is -0.910. The van der Waals surface area contributed by atoms with Crippen LogP contribution in [0.2, 0.25) is 0 Å². The van der Waals surface area contributed by atoms with Crippen molar-refractivity contribution in [3.05, 3.63) is 29.8 Å². The highest BCUT2D eigenvalue weighted by atomic mass is 32.2. The zero-order valence-electron chi connectivity index (χ0n) is 11.5. The Balaban J connectivity index is 2.26. The molecule has 4 nitrogen and oxygen atoms in total. The van der Waals surface area contributed by atoms with Crippen molar-refractivity contribution >= 4 is 10.0 Å². The van der Waals surface area contributed by atoms with Crippen molar-refractivity contribution in [3.63, 3.8) is 0 Å². The van der Waals surface area contributed by atoms with Gasteiger partial charge in [-0.25, -0.2) is 8.42 Å². The van der Waals surface area contributed by atoms with E-state index in [4.69, 9.17) is 0 Å². The van der Waals surface area contributed by atoms with Crippen LogP contribution in [0.25, 0.3) is 0 Å². The smallest absolute Gasteiger partial charge is 0.243 e. The molecule has 1 aromatic rings. The number of hydrogen-bond donors (Lipinski definition) is 1. The molecule has 0 radical (unpaired) electrons. The van der Waals surface area contributed by atoms with Crippen LogP contribution in [0.4, 0.5) is 0 Å². The summed E-state index contributed by atoms with van der Waals surface area (Å²) >= 11 is 0. The molecule has 0 amide bonds. The van der Waals surface area contributed by atoms with Gasteiger partial charge >= 0.3 is 0 Å². The maximum atomic E-state index is 12.5. The molecule has 1 saturated heterocycles. The molecular formula is C14H21NO3S. The molecule has 1 atom stereocenters. The van der Waals surface area contributed by atoms with E-state index < -0.39 is 15.6 Å². The fourth-order valence-electron chi connectivity index (χ4n) is 2.43. The van der Waals surface area contributed by atoms with Gasteiger partial charge in [0.1, 0.15) is 0 Å². The van der Waals surface area contributed by atoms with Crippen LogP contribution in [0.5, 0.6) is 0 Å². The maximum Gasteiger partial charge on any atom is 0.243 e. The summed E-state index contributed by atoms with van der Waals surface area (Å²) in [7, 11) is -3.48. The highest BCUT2D eigenvalue weighted by Crippen LogP contribution is 2.26. The van der Waals surface area contributed by atoms with E-state index in [1.165, 1.54) is 4.31 Å². The van der Waals surface area contributed by atoms with Crippen molar-refractivity contribution in [2.24, 2.45) is 0 Å². The van der Waals surface area contributed by atoms with Gasteiger partial charge in [0.25, 0.3) is 0 Å². The van der Waals surface area contributed by atoms with Crippen LogP contribution in [-0.4, -0.2) is 36.5 Å². The quantitative estimate of drug-likeness (QED) is 0.920. The lowest BCUT2D eigenvalue weighted by Crippen LogP contribution is -2.48. The molecule has 1 N–H and O–H groups in total. The van der Waals surface area contributed by atoms with Gasteiger partial charge in [0.05, 0.1) is 10.5 Å². The summed E-state index contributed by atoms with van der Waals surface area (Å²) in [5.41, 5.74) is 0.193. The van der Waals surface area contributed by atoms with Crippen LogP contribution >= 0.6 is 0 Å². The molecule has 0 saturated carbocycles. The van der Waals surface area contributed by atoms with Gasteiger partial charge in [-0.15, -0.1) is 0 Å². The predicted octanol–water partition coefficient (Wildman–Crippen LogP) is 1.78. The summed E-state index contributed by atoms with van der Waals surface area (Å²) < 4.78 is 26.4. The van der Waals surface area contributed by atoms with Crippen LogP contribution in [0, 0.1) is 0 Å².